The van der Waals surface area contributed by atoms with Gasteiger partial charge in [0.15, 0.2) is 0 Å². The number of anilines is 1. The number of carbonyl (C=O) groups is 2. The van der Waals surface area contributed by atoms with Crippen molar-refractivity contribution in [3.05, 3.63) is 52.4 Å². The number of benzene rings is 2. The molecular weight excluding hydrogens is 480 g/mol. The molecule has 9 heteroatoms. The Morgan fingerprint density at radius 1 is 1.06 bits per heavy atom. The van der Waals surface area contributed by atoms with Crippen LogP contribution in [0.15, 0.2) is 41.6 Å². The Hall–Kier alpha value is -3.30. The van der Waals surface area contributed by atoms with Gasteiger partial charge in [-0.2, -0.15) is 0 Å². The van der Waals surface area contributed by atoms with Crippen molar-refractivity contribution in [1.29, 1.82) is 0 Å². The molecule has 7 nitrogen and oxygen atoms in total. The van der Waals surface area contributed by atoms with Crippen molar-refractivity contribution in [2.45, 2.75) is 37.3 Å². The maximum Gasteiger partial charge on any atom is 0.341 e. The first-order valence-electron chi connectivity index (χ1n) is 11.6. The topological polar surface area (TPSA) is 94.1 Å². The maximum atomic E-state index is 12.7. The van der Waals surface area contributed by atoms with E-state index < -0.39 is 0 Å². The molecule has 0 atom stereocenters. The van der Waals surface area contributed by atoms with Crippen molar-refractivity contribution in [1.82, 2.24) is 15.2 Å². The molecule has 0 fully saturated rings. The summed E-state index contributed by atoms with van der Waals surface area (Å²) >= 11 is 2.90. The molecule has 0 radical (unpaired) electrons. The normalized spacial score (nSPS) is 13.4. The van der Waals surface area contributed by atoms with E-state index in [0.717, 1.165) is 64.5 Å². The van der Waals surface area contributed by atoms with Gasteiger partial charge in [0, 0.05) is 33.6 Å². The lowest BCUT2D eigenvalue weighted by Crippen LogP contribution is -2.15. The summed E-state index contributed by atoms with van der Waals surface area (Å²) in [4.78, 5) is 31.1. The lowest BCUT2D eigenvalue weighted by Gasteiger charge is -2.11. The number of aryl methyl sites for hydroxylation is 1. The van der Waals surface area contributed by atoms with Gasteiger partial charge in [0.05, 0.1) is 12.7 Å². The molecule has 35 heavy (non-hydrogen) atoms. The molecule has 0 unspecified atom stereocenters. The number of methoxy groups -OCH3 is 1. The first-order valence-corrected chi connectivity index (χ1v) is 13.4. The second kappa shape index (κ2) is 9.05. The van der Waals surface area contributed by atoms with Crippen LogP contribution in [0.5, 0.6) is 0 Å². The first-order chi connectivity index (χ1) is 17.1. The van der Waals surface area contributed by atoms with Crippen LogP contribution in [0.25, 0.3) is 33.3 Å². The van der Waals surface area contributed by atoms with E-state index in [-0.39, 0.29) is 18.3 Å². The van der Waals surface area contributed by atoms with E-state index in [1.165, 1.54) is 35.1 Å². The van der Waals surface area contributed by atoms with Crippen molar-refractivity contribution in [2.75, 3.05) is 18.2 Å². The van der Waals surface area contributed by atoms with Crippen molar-refractivity contribution in [3.8, 4) is 22.5 Å². The SMILES string of the molecule is COC(=O)c1c(NC(=O)CCSc2nnc3c(n2)-c2cccc4cccc-3c24)sc2c1CCCC2. The summed E-state index contributed by atoms with van der Waals surface area (Å²) in [6.07, 6.45) is 4.21. The van der Waals surface area contributed by atoms with Crippen molar-refractivity contribution < 1.29 is 14.3 Å². The Balaban J connectivity index is 1.14. The van der Waals surface area contributed by atoms with Crippen LogP contribution in [0.2, 0.25) is 0 Å². The predicted molar refractivity (Wildman–Crippen MR) is 138 cm³/mol. The fraction of sp³-hybridized carbons (Fsp3) is 0.269. The van der Waals surface area contributed by atoms with E-state index in [2.05, 4.69) is 39.8 Å². The molecule has 2 heterocycles. The molecule has 0 aliphatic heterocycles. The van der Waals surface area contributed by atoms with Crippen LogP contribution in [0.1, 0.15) is 40.1 Å². The summed E-state index contributed by atoms with van der Waals surface area (Å²) in [5.41, 5.74) is 5.32. The van der Waals surface area contributed by atoms with E-state index in [0.29, 0.717) is 21.5 Å². The molecule has 2 aromatic heterocycles. The second-order valence-corrected chi connectivity index (χ2v) is 10.7. The average Bonchev–Trinajstić information content (AvgIpc) is 3.40. The first kappa shape index (κ1) is 22.2. The summed E-state index contributed by atoms with van der Waals surface area (Å²) in [5.74, 6) is -0.0301. The highest BCUT2D eigenvalue weighted by molar-refractivity contribution is 7.99. The molecule has 0 spiro atoms. The van der Waals surface area contributed by atoms with Gasteiger partial charge in [0.2, 0.25) is 11.1 Å². The molecule has 4 aromatic rings. The Morgan fingerprint density at radius 2 is 1.83 bits per heavy atom. The van der Waals surface area contributed by atoms with E-state index in [9.17, 15) is 9.59 Å². The Labute approximate surface area is 210 Å². The predicted octanol–water partition coefficient (Wildman–Crippen LogP) is 5.52. The number of ether oxygens (including phenoxy) is 1. The van der Waals surface area contributed by atoms with Crippen molar-refractivity contribution in [2.24, 2.45) is 0 Å². The van der Waals surface area contributed by atoms with E-state index in [1.807, 2.05) is 12.1 Å². The molecule has 1 N–H and O–H groups in total. The zero-order chi connectivity index (χ0) is 23.9. The molecule has 176 valence electrons. The fourth-order valence-corrected chi connectivity index (χ4v) is 6.89. The highest BCUT2D eigenvalue weighted by Crippen LogP contribution is 2.45. The summed E-state index contributed by atoms with van der Waals surface area (Å²) in [6.45, 7) is 0. The third kappa shape index (κ3) is 3.88. The van der Waals surface area contributed by atoms with E-state index in [4.69, 9.17) is 9.72 Å². The van der Waals surface area contributed by atoms with Crippen LogP contribution in [0.3, 0.4) is 0 Å². The van der Waals surface area contributed by atoms with Crippen LogP contribution in [0.4, 0.5) is 5.00 Å². The number of fused-ring (bicyclic) bond motifs is 4. The van der Waals surface area contributed by atoms with Crippen LogP contribution in [-0.2, 0) is 22.4 Å². The van der Waals surface area contributed by atoms with Gasteiger partial charge in [-0.1, -0.05) is 48.2 Å². The highest BCUT2D eigenvalue weighted by Gasteiger charge is 2.27. The molecule has 6 rings (SSSR count). The zero-order valence-corrected chi connectivity index (χ0v) is 20.7. The Kier molecular flexibility index (Phi) is 5.74. The van der Waals surface area contributed by atoms with Gasteiger partial charge in [0.25, 0.3) is 0 Å². The van der Waals surface area contributed by atoms with Gasteiger partial charge in [0.1, 0.15) is 16.4 Å². The summed E-state index contributed by atoms with van der Waals surface area (Å²) in [7, 11) is 1.38. The molecule has 0 saturated heterocycles. The molecule has 2 aliphatic carbocycles. The molecule has 0 saturated carbocycles. The monoisotopic (exact) mass is 502 g/mol. The van der Waals surface area contributed by atoms with Crippen LogP contribution >= 0.6 is 23.1 Å². The fourth-order valence-electron chi connectivity index (χ4n) is 4.87. The smallest absolute Gasteiger partial charge is 0.341 e. The third-order valence-corrected chi connectivity index (χ3v) is 8.50. The van der Waals surface area contributed by atoms with Gasteiger partial charge in [-0.25, -0.2) is 9.78 Å². The highest BCUT2D eigenvalue weighted by atomic mass is 32.2. The van der Waals surface area contributed by atoms with E-state index in [1.54, 1.807) is 0 Å². The largest absolute Gasteiger partial charge is 0.465 e. The molecular formula is C26H22N4O3S2. The number of hydrogen-bond acceptors (Lipinski definition) is 8. The van der Waals surface area contributed by atoms with Gasteiger partial charge >= 0.3 is 5.97 Å². The zero-order valence-electron chi connectivity index (χ0n) is 19.1. The lowest BCUT2D eigenvalue weighted by molar-refractivity contribution is -0.115. The molecule has 2 aliphatic rings. The minimum Gasteiger partial charge on any atom is -0.465 e. The second-order valence-electron chi connectivity index (χ2n) is 8.55. The van der Waals surface area contributed by atoms with Crippen LogP contribution in [0, 0.1) is 0 Å². The molecule has 2 aromatic carbocycles. The maximum absolute atomic E-state index is 12.7. The minimum atomic E-state index is -0.386. The molecule has 0 bridgehead atoms. The number of thioether (sulfide) groups is 1. The van der Waals surface area contributed by atoms with Crippen LogP contribution < -0.4 is 5.32 Å². The lowest BCUT2D eigenvalue weighted by atomic mass is 9.95. The number of aromatic nitrogens is 3. The summed E-state index contributed by atoms with van der Waals surface area (Å²) in [5, 5.41) is 15.2. The summed E-state index contributed by atoms with van der Waals surface area (Å²) in [6, 6.07) is 12.3. The number of nitrogens with zero attached hydrogens (tertiary/aromatic N) is 3. The Bertz CT molecular complexity index is 1490. The van der Waals surface area contributed by atoms with Crippen molar-refractivity contribution >= 4 is 50.7 Å². The standard InChI is InChI=1S/C26H22N4O3S2/c1-33-25(32)21-15-8-2-3-11-18(15)35-24(21)27-19(31)12-13-34-26-28-22-16-9-4-6-14-7-5-10-17(20(14)16)23(22)29-30-26/h4-7,9-10H,2-3,8,11-13H2,1H3,(H,27,31). The number of amides is 1. The average molecular weight is 503 g/mol. The minimum absolute atomic E-state index is 0.146. The van der Waals surface area contributed by atoms with Crippen molar-refractivity contribution in [3.63, 3.8) is 0 Å². The number of thiophene rings is 1. The Morgan fingerprint density at radius 3 is 2.63 bits per heavy atom. The number of esters is 1. The molecule has 1 amide bonds. The third-order valence-electron chi connectivity index (χ3n) is 6.46. The number of rotatable bonds is 6. The number of hydrogen-bond donors (Lipinski definition) is 1. The van der Waals surface area contributed by atoms with Gasteiger partial charge in [-0.15, -0.1) is 21.5 Å². The van der Waals surface area contributed by atoms with Crippen LogP contribution in [-0.4, -0.2) is 39.9 Å². The number of carbonyl (C=O) groups excluding carboxylic acids is 2. The summed E-state index contributed by atoms with van der Waals surface area (Å²) < 4.78 is 4.99. The quantitative estimate of drug-likeness (QED) is 0.241. The van der Waals surface area contributed by atoms with Gasteiger partial charge in [-0.3, -0.25) is 4.79 Å². The number of nitrogens with one attached hydrogen (secondary N) is 1. The van der Waals surface area contributed by atoms with E-state index >= 15 is 0 Å². The van der Waals surface area contributed by atoms with Gasteiger partial charge < -0.3 is 10.1 Å². The van der Waals surface area contributed by atoms with Gasteiger partial charge in [-0.05, 0) is 36.6 Å².